The van der Waals surface area contributed by atoms with Gasteiger partial charge in [0.05, 0.1) is 16.7 Å². The number of hydrogen-bond acceptors (Lipinski definition) is 3. The minimum Gasteiger partial charge on any atom is -0.308 e. The number of para-hydroxylation sites is 1. The number of aromatic nitrogens is 4. The van der Waals surface area contributed by atoms with E-state index >= 15 is 0 Å². The van der Waals surface area contributed by atoms with Crippen molar-refractivity contribution in [2.45, 2.75) is 0 Å². The van der Waals surface area contributed by atoms with Gasteiger partial charge in [-0.3, -0.25) is 0 Å². The smallest absolute Gasteiger partial charge is 0.164 e. The van der Waals surface area contributed by atoms with Gasteiger partial charge in [-0.05, 0) is 79.7 Å². The Labute approximate surface area is 340 Å². The minimum atomic E-state index is 0.625. The molecule has 0 unspecified atom stereocenters. The van der Waals surface area contributed by atoms with Crippen LogP contribution >= 0.6 is 0 Å². The van der Waals surface area contributed by atoms with Crippen LogP contribution in [0.15, 0.2) is 206 Å². The number of hydrogen-bond donors (Lipinski definition) is 0. The molecule has 0 aliphatic rings. The Kier molecular flexibility index (Phi) is 7.50. The lowest BCUT2D eigenvalue weighted by Crippen LogP contribution is -2.03. The third kappa shape index (κ3) is 5.49. The standard InChI is InChI=1S/C55H34N4/c1-2-16-37(17-3-1)53-56-54(43-29-27-36-15-5-7-19-39(36)31-43)58-55(57-53)49-34-47(42-28-26-35-14-4-6-18-38(35)30-42)52(46-24-11-10-22-44(46)49)59-50-25-13-12-23-45(50)48-32-40-20-8-9-21-41(40)33-51(48)59/h1-34H. The van der Waals surface area contributed by atoms with Crippen LogP contribution in [0.4, 0.5) is 0 Å². The van der Waals surface area contributed by atoms with Crippen molar-refractivity contribution in [2.24, 2.45) is 0 Å². The lowest BCUT2D eigenvalue weighted by Gasteiger charge is -2.20. The van der Waals surface area contributed by atoms with E-state index in [9.17, 15) is 0 Å². The largest absolute Gasteiger partial charge is 0.308 e. The fraction of sp³-hybridized carbons (Fsp3) is 0. The zero-order valence-corrected chi connectivity index (χ0v) is 31.9. The zero-order chi connectivity index (χ0) is 38.9. The van der Waals surface area contributed by atoms with Gasteiger partial charge in [0.15, 0.2) is 17.5 Å². The molecule has 0 bridgehead atoms. The van der Waals surface area contributed by atoms with Crippen LogP contribution in [0.25, 0.3) is 116 Å². The molecular formula is C55H34N4. The molecule has 10 aromatic carbocycles. The molecule has 12 rings (SSSR count). The average molecular weight is 751 g/mol. The second kappa shape index (κ2) is 13.3. The molecule has 0 aliphatic heterocycles. The van der Waals surface area contributed by atoms with Gasteiger partial charge < -0.3 is 4.57 Å². The van der Waals surface area contributed by atoms with Crippen molar-refractivity contribution in [3.8, 4) is 51.0 Å². The molecule has 0 amide bonds. The van der Waals surface area contributed by atoms with E-state index in [2.05, 4.69) is 193 Å². The maximum absolute atomic E-state index is 5.34. The van der Waals surface area contributed by atoms with Crippen molar-refractivity contribution in [2.75, 3.05) is 0 Å². The molecule has 0 spiro atoms. The first kappa shape index (κ1) is 33.2. The highest BCUT2D eigenvalue weighted by molar-refractivity contribution is 6.16. The van der Waals surface area contributed by atoms with Crippen molar-refractivity contribution in [3.05, 3.63) is 206 Å². The van der Waals surface area contributed by atoms with Crippen molar-refractivity contribution in [1.29, 1.82) is 0 Å². The molecule has 59 heavy (non-hydrogen) atoms. The van der Waals surface area contributed by atoms with Crippen LogP contribution in [0.3, 0.4) is 0 Å². The Morgan fingerprint density at radius 1 is 0.271 bits per heavy atom. The van der Waals surface area contributed by atoms with Crippen molar-refractivity contribution >= 4 is 64.9 Å². The Hall–Kier alpha value is -7.95. The molecule has 0 N–H and O–H groups in total. The van der Waals surface area contributed by atoms with E-state index in [1.807, 2.05) is 18.2 Å². The van der Waals surface area contributed by atoms with Crippen molar-refractivity contribution in [1.82, 2.24) is 19.5 Å². The number of fused-ring (bicyclic) bond motifs is 7. The Balaban J connectivity index is 1.20. The summed E-state index contributed by atoms with van der Waals surface area (Å²) in [6, 6.07) is 73.7. The van der Waals surface area contributed by atoms with E-state index in [4.69, 9.17) is 15.0 Å². The fourth-order valence-corrected chi connectivity index (χ4v) is 8.93. The highest BCUT2D eigenvalue weighted by Gasteiger charge is 2.23. The van der Waals surface area contributed by atoms with Crippen LogP contribution in [-0.4, -0.2) is 19.5 Å². The van der Waals surface area contributed by atoms with Gasteiger partial charge in [0.1, 0.15) is 0 Å². The fourth-order valence-electron chi connectivity index (χ4n) is 8.93. The minimum absolute atomic E-state index is 0.625. The summed E-state index contributed by atoms with van der Waals surface area (Å²) in [5.74, 6) is 1.89. The second-order valence-electron chi connectivity index (χ2n) is 15.2. The molecule has 2 aromatic heterocycles. The van der Waals surface area contributed by atoms with Crippen molar-refractivity contribution < 1.29 is 0 Å². The lowest BCUT2D eigenvalue weighted by atomic mass is 9.92. The summed E-state index contributed by atoms with van der Waals surface area (Å²) >= 11 is 0. The summed E-state index contributed by atoms with van der Waals surface area (Å²) in [6.07, 6.45) is 0. The molecule has 0 fully saturated rings. The van der Waals surface area contributed by atoms with Gasteiger partial charge in [-0.25, -0.2) is 15.0 Å². The first-order valence-electron chi connectivity index (χ1n) is 20.0. The normalized spacial score (nSPS) is 11.7. The first-order chi connectivity index (χ1) is 29.2. The number of rotatable bonds is 5. The third-order valence-electron chi connectivity index (χ3n) is 11.8. The number of nitrogens with zero attached hydrogens (tertiary/aromatic N) is 4. The summed E-state index contributed by atoms with van der Waals surface area (Å²) < 4.78 is 2.48. The van der Waals surface area contributed by atoms with Gasteiger partial charge in [-0.15, -0.1) is 0 Å². The zero-order valence-electron chi connectivity index (χ0n) is 31.9. The van der Waals surface area contributed by atoms with Gasteiger partial charge >= 0.3 is 0 Å². The highest BCUT2D eigenvalue weighted by atomic mass is 15.0. The third-order valence-corrected chi connectivity index (χ3v) is 11.8. The predicted molar refractivity (Wildman–Crippen MR) is 246 cm³/mol. The van der Waals surface area contributed by atoms with Gasteiger partial charge in [0.25, 0.3) is 0 Å². The Bertz CT molecular complexity index is 3620. The predicted octanol–water partition coefficient (Wildman–Crippen LogP) is 14.2. The van der Waals surface area contributed by atoms with E-state index in [1.165, 1.54) is 37.7 Å². The summed E-state index contributed by atoms with van der Waals surface area (Å²) in [5, 5.41) is 11.7. The molecule has 4 nitrogen and oxygen atoms in total. The summed E-state index contributed by atoms with van der Waals surface area (Å²) in [6.45, 7) is 0. The van der Waals surface area contributed by atoms with E-state index in [-0.39, 0.29) is 0 Å². The molecule has 0 saturated heterocycles. The molecule has 0 radical (unpaired) electrons. The Morgan fingerprint density at radius 3 is 1.49 bits per heavy atom. The van der Waals surface area contributed by atoms with Crippen LogP contribution in [0.5, 0.6) is 0 Å². The van der Waals surface area contributed by atoms with E-state index in [0.717, 1.165) is 60.7 Å². The topological polar surface area (TPSA) is 43.6 Å². The molecule has 0 saturated carbocycles. The molecule has 274 valence electrons. The summed E-state index contributed by atoms with van der Waals surface area (Å²) in [4.78, 5) is 15.8. The quantitative estimate of drug-likeness (QED) is 0.176. The molecule has 12 aromatic rings. The van der Waals surface area contributed by atoms with Crippen LogP contribution in [0.1, 0.15) is 0 Å². The van der Waals surface area contributed by atoms with E-state index in [0.29, 0.717) is 17.5 Å². The van der Waals surface area contributed by atoms with Crippen LogP contribution in [0.2, 0.25) is 0 Å². The van der Waals surface area contributed by atoms with Gasteiger partial charge in [0, 0.05) is 38.4 Å². The lowest BCUT2D eigenvalue weighted by molar-refractivity contribution is 1.08. The average Bonchev–Trinajstić information content (AvgIpc) is 3.62. The first-order valence-corrected chi connectivity index (χ1v) is 20.0. The second-order valence-corrected chi connectivity index (χ2v) is 15.2. The molecule has 2 heterocycles. The van der Waals surface area contributed by atoms with Crippen LogP contribution in [0, 0.1) is 0 Å². The van der Waals surface area contributed by atoms with Crippen molar-refractivity contribution in [3.63, 3.8) is 0 Å². The summed E-state index contributed by atoms with van der Waals surface area (Å²) in [7, 11) is 0. The molecular weight excluding hydrogens is 717 g/mol. The van der Waals surface area contributed by atoms with Gasteiger partial charge in [0.2, 0.25) is 0 Å². The van der Waals surface area contributed by atoms with Crippen LogP contribution in [-0.2, 0) is 0 Å². The monoisotopic (exact) mass is 750 g/mol. The Morgan fingerprint density at radius 2 is 0.780 bits per heavy atom. The maximum Gasteiger partial charge on any atom is 0.164 e. The highest BCUT2D eigenvalue weighted by Crippen LogP contribution is 2.44. The molecule has 0 atom stereocenters. The maximum atomic E-state index is 5.34. The summed E-state index contributed by atoms with van der Waals surface area (Å²) in [5.41, 5.74) is 8.47. The van der Waals surface area contributed by atoms with Crippen LogP contribution < -0.4 is 0 Å². The van der Waals surface area contributed by atoms with Gasteiger partial charge in [-0.1, -0.05) is 170 Å². The SMILES string of the molecule is c1ccc(-c2nc(-c3ccc4ccccc4c3)nc(-c3cc(-c4ccc5ccccc5c4)c(-n4c5ccccc5c5cc6ccccc6cc54)c4ccccc34)n2)cc1. The molecule has 4 heteroatoms. The molecule has 0 aliphatic carbocycles. The van der Waals surface area contributed by atoms with E-state index < -0.39 is 0 Å². The van der Waals surface area contributed by atoms with E-state index in [1.54, 1.807) is 0 Å². The van der Waals surface area contributed by atoms with Gasteiger partial charge in [-0.2, -0.15) is 0 Å². The number of benzene rings is 10.